The quantitative estimate of drug-likeness (QED) is 0.778. The van der Waals surface area contributed by atoms with Crippen molar-refractivity contribution in [3.63, 3.8) is 0 Å². The maximum atomic E-state index is 12.2. The number of aromatic nitrogens is 4. The Kier molecular flexibility index (Phi) is 3.66. The van der Waals surface area contributed by atoms with Crippen LogP contribution in [0, 0.1) is 0 Å². The van der Waals surface area contributed by atoms with Crippen molar-refractivity contribution in [1.29, 1.82) is 0 Å². The van der Waals surface area contributed by atoms with Crippen LogP contribution in [0.2, 0.25) is 0 Å². The van der Waals surface area contributed by atoms with Gasteiger partial charge in [-0.3, -0.25) is 9.78 Å². The summed E-state index contributed by atoms with van der Waals surface area (Å²) in [6.45, 7) is 6.66. The fourth-order valence-corrected chi connectivity index (χ4v) is 2.81. The Morgan fingerprint density at radius 2 is 2.18 bits per heavy atom. The van der Waals surface area contributed by atoms with Gasteiger partial charge >= 0.3 is 0 Å². The normalized spacial score (nSPS) is 11.8. The highest BCUT2D eigenvalue weighted by Crippen LogP contribution is 2.21. The Balaban J connectivity index is 1.68. The number of rotatable bonds is 3. The molecule has 6 nitrogen and oxygen atoms in total. The van der Waals surface area contributed by atoms with E-state index in [-0.39, 0.29) is 11.3 Å². The van der Waals surface area contributed by atoms with Gasteiger partial charge in [0.2, 0.25) is 0 Å². The van der Waals surface area contributed by atoms with Crippen LogP contribution in [0.25, 0.3) is 10.2 Å². The molecular formula is C15H17N5OS. The Bertz CT molecular complexity index is 782. The Morgan fingerprint density at radius 1 is 1.36 bits per heavy atom. The maximum Gasteiger partial charge on any atom is 0.280 e. The van der Waals surface area contributed by atoms with E-state index in [0.717, 1.165) is 21.7 Å². The van der Waals surface area contributed by atoms with Crippen molar-refractivity contribution in [1.82, 2.24) is 25.3 Å². The highest BCUT2D eigenvalue weighted by atomic mass is 32.1. The van der Waals surface area contributed by atoms with E-state index in [1.807, 2.05) is 6.07 Å². The molecule has 0 unspecified atom stereocenters. The van der Waals surface area contributed by atoms with E-state index in [9.17, 15) is 4.79 Å². The van der Waals surface area contributed by atoms with E-state index in [2.05, 4.69) is 46.0 Å². The van der Waals surface area contributed by atoms with E-state index in [0.29, 0.717) is 11.6 Å². The first-order valence-electron chi connectivity index (χ1n) is 6.96. The van der Waals surface area contributed by atoms with E-state index in [1.165, 1.54) is 11.3 Å². The number of nitrogens with zero attached hydrogens (tertiary/aromatic N) is 3. The molecule has 0 bridgehead atoms. The molecule has 0 atom stereocenters. The fourth-order valence-electron chi connectivity index (χ4n) is 1.96. The zero-order valence-corrected chi connectivity index (χ0v) is 13.5. The summed E-state index contributed by atoms with van der Waals surface area (Å²) >= 11 is 1.36. The summed E-state index contributed by atoms with van der Waals surface area (Å²) in [5.41, 5.74) is 1.58. The molecule has 0 saturated heterocycles. The van der Waals surface area contributed by atoms with Crippen molar-refractivity contribution in [2.75, 3.05) is 0 Å². The number of H-pyrrole nitrogens is 1. The average molecular weight is 315 g/mol. The molecule has 114 valence electrons. The second-order valence-corrected chi connectivity index (χ2v) is 7.08. The van der Waals surface area contributed by atoms with Gasteiger partial charge in [0.1, 0.15) is 11.3 Å². The number of aromatic amines is 1. The first kappa shape index (κ1) is 14.6. The highest BCUT2D eigenvalue weighted by molar-refractivity contribution is 7.20. The predicted octanol–water partition coefficient (Wildman–Crippen LogP) is 2.64. The lowest BCUT2D eigenvalue weighted by atomic mass is 9.96. The topological polar surface area (TPSA) is 83.6 Å². The van der Waals surface area contributed by atoms with Crippen LogP contribution in [0.3, 0.4) is 0 Å². The van der Waals surface area contributed by atoms with Crippen LogP contribution in [-0.2, 0) is 12.0 Å². The molecule has 0 saturated carbocycles. The lowest BCUT2D eigenvalue weighted by molar-refractivity contribution is 0.0950. The Morgan fingerprint density at radius 3 is 2.86 bits per heavy atom. The smallest absolute Gasteiger partial charge is 0.280 e. The van der Waals surface area contributed by atoms with Gasteiger partial charge in [0.15, 0.2) is 5.01 Å². The zero-order valence-electron chi connectivity index (χ0n) is 12.7. The van der Waals surface area contributed by atoms with Crippen molar-refractivity contribution in [3.05, 3.63) is 41.2 Å². The third-order valence-electron chi connectivity index (χ3n) is 3.16. The molecule has 7 heteroatoms. The molecule has 0 aromatic carbocycles. The molecule has 0 aliphatic carbocycles. The number of hydrogen-bond donors (Lipinski definition) is 2. The Labute approximate surface area is 132 Å². The minimum atomic E-state index is -0.187. The van der Waals surface area contributed by atoms with Gasteiger partial charge in [-0.2, -0.15) is 0 Å². The van der Waals surface area contributed by atoms with Crippen molar-refractivity contribution >= 4 is 27.5 Å². The maximum absolute atomic E-state index is 12.2. The lowest BCUT2D eigenvalue weighted by Crippen LogP contribution is -2.23. The molecule has 3 rings (SSSR count). The molecule has 0 spiro atoms. The molecule has 1 amide bonds. The van der Waals surface area contributed by atoms with Crippen LogP contribution >= 0.6 is 11.3 Å². The van der Waals surface area contributed by atoms with Crippen LogP contribution in [0.5, 0.6) is 0 Å². The van der Waals surface area contributed by atoms with Crippen molar-refractivity contribution in [2.45, 2.75) is 32.7 Å². The lowest BCUT2D eigenvalue weighted by Gasteiger charge is -2.14. The molecule has 22 heavy (non-hydrogen) atoms. The first-order valence-corrected chi connectivity index (χ1v) is 7.78. The molecule has 3 aromatic heterocycles. The molecule has 2 N–H and O–H groups in total. The van der Waals surface area contributed by atoms with Crippen LogP contribution in [0.1, 0.15) is 42.1 Å². The summed E-state index contributed by atoms with van der Waals surface area (Å²) in [4.78, 5) is 28.0. The number of nitrogens with one attached hydrogen (secondary N) is 2. The van der Waals surface area contributed by atoms with Gasteiger partial charge in [-0.25, -0.2) is 9.97 Å². The standard InChI is InChI=1S/C15H17N5OS/c1-15(2,3)14-18-7-9(19-14)6-17-12(21)13-20-10-8-16-5-4-11(10)22-13/h4-5,7-8H,6H2,1-3H3,(H,17,21)(H,18,19). The summed E-state index contributed by atoms with van der Waals surface area (Å²) in [5, 5.41) is 3.30. The molecule has 3 aromatic rings. The minimum absolute atomic E-state index is 0.0394. The monoisotopic (exact) mass is 315 g/mol. The molecule has 0 aliphatic heterocycles. The van der Waals surface area contributed by atoms with E-state index < -0.39 is 0 Å². The molecule has 3 heterocycles. The van der Waals surface area contributed by atoms with Gasteiger partial charge in [-0.15, -0.1) is 11.3 Å². The number of hydrogen-bond acceptors (Lipinski definition) is 5. The zero-order chi connectivity index (χ0) is 15.7. The second kappa shape index (κ2) is 5.49. The molecule has 0 aliphatic rings. The number of amides is 1. The molecule has 0 fully saturated rings. The van der Waals surface area contributed by atoms with Crippen LogP contribution in [-0.4, -0.2) is 25.8 Å². The van der Waals surface area contributed by atoms with Crippen LogP contribution in [0.4, 0.5) is 0 Å². The largest absolute Gasteiger partial charge is 0.344 e. The van der Waals surface area contributed by atoms with E-state index in [4.69, 9.17) is 0 Å². The fraction of sp³-hybridized carbons (Fsp3) is 0.333. The SMILES string of the molecule is CC(C)(C)c1ncc(CNC(=O)c2nc3cnccc3s2)[nH]1. The first-order chi connectivity index (χ1) is 10.4. The number of pyridine rings is 1. The minimum Gasteiger partial charge on any atom is -0.344 e. The van der Waals surface area contributed by atoms with Crippen molar-refractivity contribution < 1.29 is 4.79 Å². The molecule has 0 radical (unpaired) electrons. The summed E-state index contributed by atoms with van der Waals surface area (Å²) in [6.07, 6.45) is 5.11. The van der Waals surface area contributed by atoms with Crippen LogP contribution < -0.4 is 5.32 Å². The van der Waals surface area contributed by atoms with Gasteiger partial charge in [0.25, 0.3) is 5.91 Å². The summed E-state index contributed by atoms with van der Waals surface area (Å²) in [6, 6.07) is 1.86. The third kappa shape index (κ3) is 2.99. The van der Waals surface area contributed by atoms with Gasteiger partial charge in [0.05, 0.1) is 29.3 Å². The number of carbonyl (C=O) groups is 1. The van der Waals surface area contributed by atoms with Gasteiger partial charge < -0.3 is 10.3 Å². The van der Waals surface area contributed by atoms with Gasteiger partial charge in [-0.05, 0) is 6.07 Å². The summed E-state index contributed by atoms with van der Waals surface area (Å²) in [5.74, 6) is 0.718. The predicted molar refractivity (Wildman–Crippen MR) is 85.9 cm³/mol. The van der Waals surface area contributed by atoms with Crippen LogP contribution in [0.15, 0.2) is 24.7 Å². The highest BCUT2D eigenvalue weighted by Gasteiger charge is 2.18. The van der Waals surface area contributed by atoms with Crippen molar-refractivity contribution in [3.8, 4) is 0 Å². The molecular weight excluding hydrogens is 298 g/mol. The van der Waals surface area contributed by atoms with Gasteiger partial charge in [-0.1, -0.05) is 20.8 Å². The Hall–Kier alpha value is -2.28. The number of carbonyl (C=O) groups excluding carboxylic acids is 1. The summed E-state index contributed by atoms with van der Waals surface area (Å²) < 4.78 is 0.955. The average Bonchev–Trinajstić information content (AvgIpc) is 3.10. The second-order valence-electron chi connectivity index (χ2n) is 6.05. The number of imidazole rings is 1. The van der Waals surface area contributed by atoms with Gasteiger partial charge in [0, 0.05) is 11.6 Å². The van der Waals surface area contributed by atoms with E-state index >= 15 is 0 Å². The van der Waals surface area contributed by atoms with E-state index in [1.54, 1.807) is 18.6 Å². The number of thiazole rings is 1. The third-order valence-corrected chi connectivity index (χ3v) is 4.20. The summed E-state index contributed by atoms with van der Waals surface area (Å²) in [7, 11) is 0. The number of fused-ring (bicyclic) bond motifs is 1. The van der Waals surface area contributed by atoms with Crippen molar-refractivity contribution in [2.24, 2.45) is 0 Å².